The van der Waals surface area contributed by atoms with E-state index in [9.17, 15) is 4.79 Å². The van der Waals surface area contributed by atoms with Gasteiger partial charge in [-0.25, -0.2) is 0 Å². The zero-order chi connectivity index (χ0) is 17.1. The number of rotatable bonds is 5. The van der Waals surface area contributed by atoms with Crippen molar-refractivity contribution >= 4 is 16.7 Å². The van der Waals surface area contributed by atoms with E-state index in [2.05, 4.69) is 41.6 Å². The number of hydrogen-bond donors (Lipinski definition) is 1. The largest absolute Gasteiger partial charge is 0.352 e. The summed E-state index contributed by atoms with van der Waals surface area (Å²) in [5.41, 5.74) is 2.16. The van der Waals surface area contributed by atoms with Crippen LogP contribution in [0.25, 0.3) is 21.9 Å². The lowest BCUT2D eigenvalue weighted by molar-refractivity contribution is -0.124. The molecule has 0 aliphatic carbocycles. The Kier molecular flexibility index (Phi) is 4.65. The zero-order valence-electron chi connectivity index (χ0n) is 14.4. The van der Waals surface area contributed by atoms with Gasteiger partial charge in [0, 0.05) is 17.8 Å². The molecule has 4 heteroatoms. The highest BCUT2D eigenvalue weighted by Gasteiger charge is 2.18. The summed E-state index contributed by atoms with van der Waals surface area (Å²) in [4.78, 5) is 12.3. The minimum atomic E-state index is -0.331. The lowest BCUT2D eigenvalue weighted by atomic mass is 10.0. The third-order valence-corrected chi connectivity index (χ3v) is 4.48. The van der Waals surface area contributed by atoms with E-state index in [0.717, 1.165) is 17.5 Å². The molecule has 4 nitrogen and oxygen atoms in total. The van der Waals surface area contributed by atoms with E-state index in [0.29, 0.717) is 0 Å². The second-order valence-electron chi connectivity index (χ2n) is 6.23. The van der Waals surface area contributed by atoms with Gasteiger partial charge in [0.25, 0.3) is 0 Å². The first-order chi connectivity index (χ1) is 11.6. The first kappa shape index (κ1) is 16.2. The van der Waals surface area contributed by atoms with Gasteiger partial charge in [-0.05, 0) is 36.6 Å². The molecule has 24 heavy (non-hydrogen) atoms. The Morgan fingerprint density at radius 2 is 1.92 bits per heavy atom. The summed E-state index contributed by atoms with van der Waals surface area (Å²) in [5, 5.41) is 9.81. The monoisotopic (exact) mass is 321 g/mol. The number of aromatic nitrogens is 2. The molecular weight excluding hydrogens is 298 g/mol. The molecule has 0 saturated carbocycles. The first-order valence-corrected chi connectivity index (χ1v) is 8.42. The minimum Gasteiger partial charge on any atom is -0.352 e. The third kappa shape index (κ3) is 3.18. The molecule has 0 fully saturated rings. The van der Waals surface area contributed by atoms with Gasteiger partial charge in [-0.1, -0.05) is 49.4 Å². The van der Waals surface area contributed by atoms with Gasteiger partial charge in [0.2, 0.25) is 5.91 Å². The standard InChI is InChI=1S/C20H23N3O/c1-4-14(2)22-20(24)15(3)23-13-17(12-21-23)19-11-7-9-16-8-5-6-10-18(16)19/h5-15H,4H2,1-3H3,(H,22,24). The fraction of sp³-hybridized carbons (Fsp3) is 0.300. The van der Waals surface area contributed by atoms with Crippen molar-refractivity contribution < 1.29 is 4.79 Å². The van der Waals surface area contributed by atoms with Crippen molar-refractivity contribution in [3.8, 4) is 11.1 Å². The Morgan fingerprint density at radius 1 is 1.17 bits per heavy atom. The van der Waals surface area contributed by atoms with Crippen LogP contribution in [0.4, 0.5) is 0 Å². The highest BCUT2D eigenvalue weighted by Crippen LogP contribution is 2.28. The molecule has 2 aromatic carbocycles. The number of fused-ring (bicyclic) bond motifs is 1. The summed E-state index contributed by atoms with van der Waals surface area (Å²) in [7, 11) is 0. The number of benzene rings is 2. The van der Waals surface area contributed by atoms with Crippen molar-refractivity contribution in [2.45, 2.75) is 39.3 Å². The number of carbonyl (C=O) groups is 1. The van der Waals surface area contributed by atoms with Crippen LogP contribution >= 0.6 is 0 Å². The van der Waals surface area contributed by atoms with Crippen molar-refractivity contribution in [2.24, 2.45) is 0 Å². The molecule has 2 unspecified atom stereocenters. The number of nitrogens with zero attached hydrogens (tertiary/aromatic N) is 2. The van der Waals surface area contributed by atoms with Crippen LogP contribution in [0.2, 0.25) is 0 Å². The minimum absolute atomic E-state index is 0.00285. The molecule has 1 amide bonds. The Morgan fingerprint density at radius 3 is 2.71 bits per heavy atom. The van der Waals surface area contributed by atoms with Gasteiger partial charge in [-0.15, -0.1) is 0 Å². The topological polar surface area (TPSA) is 46.9 Å². The Bertz CT molecular complexity index is 847. The molecule has 3 rings (SSSR count). The molecule has 0 bridgehead atoms. The summed E-state index contributed by atoms with van der Waals surface area (Å²) in [5.74, 6) is -0.00285. The fourth-order valence-electron chi connectivity index (χ4n) is 2.75. The highest BCUT2D eigenvalue weighted by atomic mass is 16.2. The molecular formula is C20H23N3O. The molecule has 0 spiro atoms. The molecule has 0 saturated heterocycles. The maximum atomic E-state index is 12.3. The van der Waals surface area contributed by atoms with Gasteiger partial charge in [0.05, 0.1) is 6.20 Å². The lowest BCUT2D eigenvalue weighted by Crippen LogP contribution is -2.37. The Balaban J connectivity index is 1.89. The molecule has 0 aliphatic rings. The van der Waals surface area contributed by atoms with Crippen LogP contribution in [0.3, 0.4) is 0 Å². The summed E-state index contributed by atoms with van der Waals surface area (Å²) in [6.45, 7) is 5.94. The molecule has 1 N–H and O–H groups in total. The smallest absolute Gasteiger partial charge is 0.244 e. The number of carbonyl (C=O) groups excluding carboxylic acids is 1. The summed E-state index contributed by atoms with van der Waals surface area (Å²) in [6, 6.07) is 14.4. The quantitative estimate of drug-likeness (QED) is 0.766. The second-order valence-corrected chi connectivity index (χ2v) is 6.23. The predicted molar refractivity (Wildman–Crippen MR) is 97.8 cm³/mol. The van der Waals surface area contributed by atoms with Gasteiger partial charge >= 0.3 is 0 Å². The SMILES string of the molecule is CCC(C)NC(=O)C(C)n1cc(-c2cccc3ccccc23)cn1. The van der Waals surface area contributed by atoms with Gasteiger partial charge in [0.15, 0.2) is 0 Å². The lowest BCUT2D eigenvalue weighted by Gasteiger charge is -2.16. The van der Waals surface area contributed by atoms with Crippen LogP contribution in [0.5, 0.6) is 0 Å². The van der Waals surface area contributed by atoms with E-state index in [1.165, 1.54) is 10.8 Å². The Labute approximate surface area is 142 Å². The van der Waals surface area contributed by atoms with E-state index in [1.54, 1.807) is 4.68 Å². The maximum Gasteiger partial charge on any atom is 0.244 e. The predicted octanol–water partition coefficient (Wildman–Crippen LogP) is 4.18. The third-order valence-electron chi connectivity index (χ3n) is 4.48. The molecule has 3 aromatic rings. The van der Waals surface area contributed by atoms with E-state index in [-0.39, 0.29) is 18.0 Å². The first-order valence-electron chi connectivity index (χ1n) is 8.42. The van der Waals surface area contributed by atoms with E-state index in [1.807, 2.05) is 44.4 Å². The van der Waals surface area contributed by atoms with Crippen LogP contribution in [0.15, 0.2) is 54.9 Å². The van der Waals surface area contributed by atoms with E-state index < -0.39 is 0 Å². The van der Waals surface area contributed by atoms with Crippen molar-refractivity contribution in [2.75, 3.05) is 0 Å². The number of hydrogen-bond acceptors (Lipinski definition) is 2. The van der Waals surface area contributed by atoms with Crippen LogP contribution in [0, 0.1) is 0 Å². The van der Waals surface area contributed by atoms with Crippen LogP contribution in [-0.2, 0) is 4.79 Å². The highest BCUT2D eigenvalue weighted by molar-refractivity contribution is 5.96. The average molecular weight is 321 g/mol. The van der Waals surface area contributed by atoms with Crippen molar-refractivity contribution in [1.82, 2.24) is 15.1 Å². The van der Waals surface area contributed by atoms with Crippen molar-refractivity contribution in [1.29, 1.82) is 0 Å². The van der Waals surface area contributed by atoms with Crippen LogP contribution < -0.4 is 5.32 Å². The fourth-order valence-corrected chi connectivity index (χ4v) is 2.75. The zero-order valence-corrected chi connectivity index (χ0v) is 14.4. The normalized spacial score (nSPS) is 13.6. The number of amides is 1. The van der Waals surface area contributed by atoms with Gasteiger partial charge in [-0.3, -0.25) is 9.48 Å². The Hall–Kier alpha value is -2.62. The molecule has 0 aliphatic heterocycles. The molecule has 1 heterocycles. The summed E-state index contributed by atoms with van der Waals surface area (Å²) in [6.07, 6.45) is 4.69. The van der Waals surface area contributed by atoms with Crippen molar-refractivity contribution in [3.63, 3.8) is 0 Å². The van der Waals surface area contributed by atoms with Gasteiger partial charge in [0.1, 0.15) is 6.04 Å². The van der Waals surface area contributed by atoms with E-state index >= 15 is 0 Å². The van der Waals surface area contributed by atoms with Gasteiger partial charge < -0.3 is 5.32 Å². The molecule has 2 atom stereocenters. The molecule has 124 valence electrons. The van der Waals surface area contributed by atoms with Crippen LogP contribution in [-0.4, -0.2) is 21.7 Å². The molecule has 1 aromatic heterocycles. The molecule has 0 radical (unpaired) electrons. The summed E-state index contributed by atoms with van der Waals surface area (Å²) >= 11 is 0. The van der Waals surface area contributed by atoms with Crippen molar-refractivity contribution in [3.05, 3.63) is 54.9 Å². The maximum absolute atomic E-state index is 12.3. The van der Waals surface area contributed by atoms with E-state index in [4.69, 9.17) is 0 Å². The van der Waals surface area contributed by atoms with Crippen LogP contribution in [0.1, 0.15) is 33.2 Å². The van der Waals surface area contributed by atoms with Gasteiger partial charge in [-0.2, -0.15) is 5.10 Å². The average Bonchev–Trinajstić information content (AvgIpc) is 3.10. The number of nitrogens with one attached hydrogen (secondary N) is 1. The second kappa shape index (κ2) is 6.87. The summed E-state index contributed by atoms with van der Waals surface area (Å²) < 4.78 is 1.73.